The van der Waals surface area contributed by atoms with Gasteiger partial charge in [0.25, 0.3) is 0 Å². The van der Waals surface area contributed by atoms with E-state index in [0.29, 0.717) is 0 Å². The van der Waals surface area contributed by atoms with E-state index in [4.69, 9.17) is 5.84 Å². The molecule has 1 fully saturated rings. The lowest BCUT2D eigenvalue weighted by atomic mass is 9.91. The first kappa shape index (κ1) is 11.4. The van der Waals surface area contributed by atoms with Gasteiger partial charge in [0.15, 0.2) is 0 Å². The Morgan fingerprint density at radius 1 is 1.50 bits per heavy atom. The van der Waals surface area contributed by atoms with Gasteiger partial charge in [-0.3, -0.25) is 15.1 Å². The molecular formula is C9H20N4O. The summed E-state index contributed by atoms with van der Waals surface area (Å²) in [5.74, 6) is 5.03. The van der Waals surface area contributed by atoms with Crippen molar-refractivity contribution in [1.29, 1.82) is 0 Å². The standard InChI is InChI=1S/C9H20N4O/c1-9(2,8(14)12-10)7-13-5-3-11-4-6-13/h11H,3-7,10H2,1-2H3,(H,12,14). The summed E-state index contributed by atoms with van der Waals surface area (Å²) < 4.78 is 0. The van der Waals surface area contributed by atoms with E-state index >= 15 is 0 Å². The van der Waals surface area contributed by atoms with E-state index in [1.165, 1.54) is 0 Å². The molecule has 0 aromatic carbocycles. The minimum atomic E-state index is -0.411. The SMILES string of the molecule is CC(C)(CN1CCNCC1)C(=O)NN. The highest BCUT2D eigenvalue weighted by atomic mass is 16.2. The molecule has 0 aromatic rings. The summed E-state index contributed by atoms with van der Waals surface area (Å²) in [5, 5.41) is 3.28. The van der Waals surface area contributed by atoms with Crippen LogP contribution in [0.5, 0.6) is 0 Å². The number of carbonyl (C=O) groups is 1. The van der Waals surface area contributed by atoms with Gasteiger partial charge in [-0.25, -0.2) is 5.84 Å². The minimum absolute atomic E-state index is 0.101. The van der Waals surface area contributed by atoms with Crippen molar-refractivity contribution in [2.75, 3.05) is 32.7 Å². The fourth-order valence-corrected chi connectivity index (χ4v) is 1.70. The van der Waals surface area contributed by atoms with Gasteiger partial charge in [0, 0.05) is 32.7 Å². The lowest BCUT2D eigenvalue weighted by molar-refractivity contribution is -0.130. The average Bonchev–Trinajstić information content (AvgIpc) is 2.17. The number of nitrogens with one attached hydrogen (secondary N) is 2. The first-order valence-corrected chi connectivity index (χ1v) is 5.00. The topological polar surface area (TPSA) is 70.4 Å². The van der Waals surface area contributed by atoms with E-state index in [1.54, 1.807) is 0 Å². The second kappa shape index (κ2) is 4.72. The lowest BCUT2D eigenvalue weighted by Gasteiger charge is -2.33. The highest BCUT2D eigenvalue weighted by molar-refractivity contribution is 5.81. The van der Waals surface area contributed by atoms with Gasteiger partial charge in [-0.05, 0) is 13.8 Å². The average molecular weight is 200 g/mol. The van der Waals surface area contributed by atoms with Crippen molar-refractivity contribution in [3.8, 4) is 0 Å². The quantitative estimate of drug-likeness (QED) is 0.307. The van der Waals surface area contributed by atoms with Crippen LogP contribution in [0.25, 0.3) is 0 Å². The van der Waals surface area contributed by atoms with Gasteiger partial charge in [-0.15, -0.1) is 0 Å². The maximum atomic E-state index is 11.4. The second-order valence-electron chi connectivity index (χ2n) is 4.38. The van der Waals surface area contributed by atoms with Crippen LogP contribution in [0, 0.1) is 5.41 Å². The molecule has 1 heterocycles. The molecule has 1 aliphatic heterocycles. The highest BCUT2D eigenvalue weighted by Crippen LogP contribution is 2.16. The molecule has 0 bridgehead atoms. The van der Waals surface area contributed by atoms with Gasteiger partial charge < -0.3 is 5.32 Å². The molecule has 1 saturated heterocycles. The van der Waals surface area contributed by atoms with E-state index < -0.39 is 5.41 Å². The third-order valence-corrected chi connectivity index (χ3v) is 2.57. The van der Waals surface area contributed by atoms with Gasteiger partial charge in [0.05, 0.1) is 5.41 Å². The van der Waals surface area contributed by atoms with Crippen molar-refractivity contribution >= 4 is 5.91 Å². The van der Waals surface area contributed by atoms with Crippen LogP contribution in [-0.4, -0.2) is 43.5 Å². The van der Waals surface area contributed by atoms with Crippen LogP contribution in [0.4, 0.5) is 0 Å². The number of nitrogens with two attached hydrogens (primary N) is 1. The summed E-state index contributed by atoms with van der Waals surface area (Å²) in [7, 11) is 0. The maximum Gasteiger partial charge on any atom is 0.240 e. The Morgan fingerprint density at radius 3 is 2.57 bits per heavy atom. The van der Waals surface area contributed by atoms with E-state index in [2.05, 4.69) is 15.6 Å². The molecule has 1 aliphatic rings. The summed E-state index contributed by atoms with van der Waals surface area (Å²) in [6.45, 7) is 8.59. The van der Waals surface area contributed by atoms with E-state index in [1.807, 2.05) is 13.8 Å². The van der Waals surface area contributed by atoms with Crippen LogP contribution in [0.15, 0.2) is 0 Å². The van der Waals surface area contributed by atoms with Crippen LogP contribution in [0.1, 0.15) is 13.8 Å². The molecule has 82 valence electrons. The molecule has 0 aliphatic carbocycles. The van der Waals surface area contributed by atoms with E-state index in [9.17, 15) is 4.79 Å². The predicted molar refractivity (Wildman–Crippen MR) is 55.4 cm³/mol. The zero-order chi connectivity index (χ0) is 10.6. The van der Waals surface area contributed by atoms with Gasteiger partial charge in [-0.2, -0.15) is 0 Å². The molecule has 0 radical (unpaired) electrons. The molecule has 5 heteroatoms. The monoisotopic (exact) mass is 200 g/mol. The largest absolute Gasteiger partial charge is 0.314 e. The van der Waals surface area contributed by atoms with Crippen LogP contribution in [0.3, 0.4) is 0 Å². The van der Waals surface area contributed by atoms with Crippen LogP contribution >= 0.6 is 0 Å². The number of rotatable bonds is 3. The van der Waals surface area contributed by atoms with Crippen LogP contribution in [0.2, 0.25) is 0 Å². The summed E-state index contributed by atoms with van der Waals surface area (Å²) in [6.07, 6.45) is 0. The van der Waals surface area contributed by atoms with Gasteiger partial charge in [-0.1, -0.05) is 0 Å². The van der Waals surface area contributed by atoms with Gasteiger partial charge >= 0.3 is 0 Å². The molecule has 0 unspecified atom stereocenters. The third-order valence-electron chi connectivity index (χ3n) is 2.57. The fourth-order valence-electron chi connectivity index (χ4n) is 1.70. The van der Waals surface area contributed by atoms with Gasteiger partial charge in [0.1, 0.15) is 0 Å². The number of hydrogen-bond acceptors (Lipinski definition) is 4. The zero-order valence-corrected chi connectivity index (χ0v) is 8.97. The molecule has 4 N–H and O–H groups in total. The Labute approximate surface area is 85.0 Å². The molecule has 0 aromatic heterocycles. The molecular weight excluding hydrogens is 180 g/mol. The molecule has 1 amide bonds. The van der Waals surface area contributed by atoms with E-state index in [0.717, 1.165) is 32.7 Å². The molecule has 0 saturated carbocycles. The number of carbonyl (C=O) groups excluding carboxylic acids is 1. The number of hydrazine groups is 1. The Kier molecular flexibility index (Phi) is 3.86. The van der Waals surface area contributed by atoms with Crippen molar-refractivity contribution in [3.63, 3.8) is 0 Å². The highest BCUT2D eigenvalue weighted by Gasteiger charge is 2.29. The summed E-state index contributed by atoms with van der Waals surface area (Å²) in [5.41, 5.74) is 1.80. The Bertz CT molecular complexity index is 199. The van der Waals surface area contributed by atoms with Crippen molar-refractivity contribution in [2.24, 2.45) is 11.3 Å². The Hall–Kier alpha value is -0.650. The smallest absolute Gasteiger partial charge is 0.240 e. The maximum absolute atomic E-state index is 11.4. The van der Waals surface area contributed by atoms with Crippen molar-refractivity contribution < 1.29 is 4.79 Å². The molecule has 0 spiro atoms. The summed E-state index contributed by atoms with van der Waals surface area (Å²) >= 11 is 0. The van der Waals surface area contributed by atoms with Crippen molar-refractivity contribution in [1.82, 2.24) is 15.6 Å². The van der Waals surface area contributed by atoms with Crippen LogP contribution < -0.4 is 16.6 Å². The summed E-state index contributed by atoms with van der Waals surface area (Å²) in [4.78, 5) is 13.7. The summed E-state index contributed by atoms with van der Waals surface area (Å²) in [6, 6.07) is 0. The van der Waals surface area contributed by atoms with Crippen LogP contribution in [-0.2, 0) is 4.79 Å². The normalized spacial score (nSPS) is 19.4. The lowest BCUT2D eigenvalue weighted by Crippen LogP contribution is -2.51. The van der Waals surface area contributed by atoms with E-state index in [-0.39, 0.29) is 5.91 Å². The Balaban J connectivity index is 2.44. The number of piperazine rings is 1. The fraction of sp³-hybridized carbons (Fsp3) is 0.889. The molecule has 14 heavy (non-hydrogen) atoms. The van der Waals surface area contributed by atoms with Gasteiger partial charge in [0.2, 0.25) is 5.91 Å². The Morgan fingerprint density at radius 2 is 2.07 bits per heavy atom. The number of hydrogen-bond donors (Lipinski definition) is 3. The first-order chi connectivity index (χ1) is 6.56. The molecule has 0 atom stereocenters. The van der Waals surface area contributed by atoms with Crippen molar-refractivity contribution in [2.45, 2.75) is 13.8 Å². The minimum Gasteiger partial charge on any atom is -0.314 e. The predicted octanol–water partition coefficient (Wildman–Crippen LogP) is -1.09. The number of amides is 1. The third kappa shape index (κ3) is 2.94. The first-order valence-electron chi connectivity index (χ1n) is 5.00. The zero-order valence-electron chi connectivity index (χ0n) is 8.97. The molecule has 5 nitrogen and oxygen atoms in total. The molecule has 1 rings (SSSR count). The second-order valence-corrected chi connectivity index (χ2v) is 4.38. The number of nitrogens with zero attached hydrogens (tertiary/aromatic N) is 1. The van der Waals surface area contributed by atoms with Crippen molar-refractivity contribution in [3.05, 3.63) is 0 Å².